The van der Waals surface area contributed by atoms with Crippen LogP contribution in [0.3, 0.4) is 0 Å². The van der Waals surface area contributed by atoms with Crippen molar-refractivity contribution in [3.63, 3.8) is 0 Å². The highest BCUT2D eigenvalue weighted by molar-refractivity contribution is 8.00. The summed E-state index contributed by atoms with van der Waals surface area (Å²) in [6.07, 6.45) is 1.63. The van der Waals surface area contributed by atoms with Gasteiger partial charge >= 0.3 is 0 Å². The molecule has 1 fully saturated rings. The molecule has 1 aliphatic rings. The number of carbonyl (C=O) groups excluding carboxylic acids is 1. The minimum atomic E-state index is 0.233. The molecule has 0 saturated carbocycles. The number of hydrogen-bond donors (Lipinski definition) is 1. The molecule has 0 unspecified atom stereocenters. The Balaban J connectivity index is 2.32. The quantitative estimate of drug-likeness (QED) is 0.740. The first-order valence-electron chi connectivity index (χ1n) is 5.61. The third-order valence-electron chi connectivity index (χ3n) is 2.60. The number of nitrogens with zero attached hydrogens (tertiary/aromatic N) is 1. The molecule has 4 heteroatoms. The number of carbonyl (C=O) groups is 1. The Bertz CT molecular complexity index is 219. The molecule has 0 spiro atoms. The number of rotatable bonds is 4. The fraction of sp³-hybridized carbons (Fsp3) is 0.909. The SMILES string of the molecule is CNCCCC(=O)N1CCSC(C)(C)C1. The van der Waals surface area contributed by atoms with Crippen molar-refractivity contribution in [2.45, 2.75) is 31.4 Å². The van der Waals surface area contributed by atoms with Crippen molar-refractivity contribution in [2.24, 2.45) is 0 Å². The molecular weight excluding hydrogens is 208 g/mol. The van der Waals surface area contributed by atoms with E-state index in [2.05, 4.69) is 19.2 Å². The number of thioether (sulfide) groups is 1. The van der Waals surface area contributed by atoms with E-state index in [0.29, 0.717) is 12.3 Å². The number of hydrogen-bond acceptors (Lipinski definition) is 3. The Hall–Kier alpha value is -0.220. The van der Waals surface area contributed by atoms with E-state index in [4.69, 9.17) is 0 Å². The fourth-order valence-corrected chi connectivity index (χ4v) is 2.92. The lowest BCUT2D eigenvalue weighted by atomic mass is 10.1. The van der Waals surface area contributed by atoms with E-state index < -0.39 is 0 Å². The van der Waals surface area contributed by atoms with Gasteiger partial charge in [-0.15, -0.1) is 0 Å². The molecule has 0 bridgehead atoms. The predicted octanol–water partition coefficient (Wildman–Crippen LogP) is 1.34. The molecule has 3 nitrogen and oxygen atoms in total. The highest BCUT2D eigenvalue weighted by atomic mass is 32.2. The van der Waals surface area contributed by atoms with Gasteiger partial charge in [0.1, 0.15) is 0 Å². The van der Waals surface area contributed by atoms with Gasteiger partial charge < -0.3 is 10.2 Å². The van der Waals surface area contributed by atoms with Crippen molar-refractivity contribution in [3.8, 4) is 0 Å². The summed E-state index contributed by atoms with van der Waals surface area (Å²) in [5.74, 6) is 1.39. The Morgan fingerprint density at radius 2 is 2.27 bits per heavy atom. The van der Waals surface area contributed by atoms with E-state index in [0.717, 1.165) is 31.8 Å². The van der Waals surface area contributed by atoms with Gasteiger partial charge in [0.05, 0.1) is 0 Å². The maximum Gasteiger partial charge on any atom is 0.222 e. The maximum absolute atomic E-state index is 11.8. The van der Waals surface area contributed by atoms with Crippen molar-refractivity contribution in [1.82, 2.24) is 10.2 Å². The van der Waals surface area contributed by atoms with Crippen LogP contribution in [0.5, 0.6) is 0 Å². The molecule has 0 aliphatic carbocycles. The lowest BCUT2D eigenvalue weighted by Gasteiger charge is -2.37. The van der Waals surface area contributed by atoms with Crippen LogP contribution in [0, 0.1) is 0 Å². The standard InChI is InChI=1S/C11H22N2OS/c1-11(2)9-13(7-8-15-11)10(14)5-4-6-12-3/h12H,4-9H2,1-3H3. The minimum absolute atomic E-state index is 0.233. The summed E-state index contributed by atoms with van der Waals surface area (Å²) in [4.78, 5) is 13.9. The van der Waals surface area contributed by atoms with Crippen LogP contribution in [0.1, 0.15) is 26.7 Å². The molecule has 1 saturated heterocycles. The molecule has 1 heterocycles. The van der Waals surface area contributed by atoms with Gasteiger partial charge in [-0.05, 0) is 33.9 Å². The Morgan fingerprint density at radius 3 is 2.87 bits per heavy atom. The molecule has 0 radical (unpaired) electrons. The van der Waals surface area contributed by atoms with Crippen LogP contribution < -0.4 is 5.32 Å². The second-order valence-electron chi connectivity index (χ2n) is 4.63. The van der Waals surface area contributed by atoms with Crippen LogP contribution >= 0.6 is 11.8 Å². The first-order valence-corrected chi connectivity index (χ1v) is 6.60. The average Bonchev–Trinajstić information content (AvgIpc) is 2.16. The van der Waals surface area contributed by atoms with E-state index >= 15 is 0 Å². The molecular formula is C11H22N2OS. The van der Waals surface area contributed by atoms with Gasteiger partial charge in [0.15, 0.2) is 0 Å². The van der Waals surface area contributed by atoms with E-state index in [1.54, 1.807) is 0 Å². The highest BCUT2D eigenvalue weighted by Crippen LogP contribution is 2.29. The van der Waals surface area contributed by atoms with Crippen LogP contribution in [0.2, 0.25) is 0 Å². The zero-order valence-electron chi connectivity index (χ0n) is 10.0. The first-order chi connectivity index (χ1) is 7.05. The van der Waals surface area contributed by atoms with Crippen LogP contribution in [-0.2, 0) is 4.79 Å². The van der Waals surface area contributed by atoms with Gasteiger partial charge in [-0.25, -0.2) is 0 Å². The predicted molar refractivity (Wildman–Crippen MR) is 66.3 cm³/mol. The minimum Gasteiger partial charge on any atom is -0.341 e. The monoisotopic (exact) mass is 230 g/mol. The van der Waals surface area contributed by atoms with Gasteiger partial charge in [0, 0.05) is 30.0 Å². The summed E-state index contributed by atoms with van der Waals surface area (Å²) in [5.41, 5.74) is 0. The third-order valence-corrected chi connectivity index (χ3v) is 3.89. The van der Waals surface area contributed by atoms with Crippen molar-refractivity contribution < 1.29 is 4.79 Å². The zero-order valence-corrected chi connectivity index (χ0v) is 10.8. The van der Waals surface area contributed by atoms with Crippen LogP contribution in [0.15, 0.2) is 0 Å². The lowest BCUT2D eigenvalue weighted by Crippen LogP contribution is -2.46. The first kappa shape index (κ1) is 12.8. The summed E-state index contributed by atoms with van der Waals surface area (Å²) in [6, 6.07) is 0. The molecule has 1 amide bonds. The van der Waals surface area contributed by atoms with E-state index in [1.165, 1.54) is 0 Å². The average molecular weight is 230 g/mol. The van der Waals surface area contributed by atoms with Crippen molar-refractivity contribution in [1.29, 1.82) is 0 Å². The van der Waals surface area contributed by atoms with Crippen LogP contribution in [0.4, 0.5) is 0 Å². The smallest absolute Gasteiger partial charge is 0.222 e. The van der Waals surface area contributed by atoms with E-state index in [-0.39, 0.29) is 4.75 Å². The summed E-state index contributed by atoms with van der Waals surface area (Å²) >= 11 is 1.96. The van der Waals surface area contributed by atoms with Crippen molar-refractivity contribution >= 4 is 17.7 Å². The lowest BCUT2D eigenvalue weighted by molar-refractivity contribution is -0.131. The number of amides is 1. The molecule has 1 rings (SSSR count). The molecule has 0 atom stereocenters. The Labute approximate surface area is 97.0 Å². The van der Waals surface area contributed by atoms with Gasteiger partial charge in [-0.1, -0.05) is 0 Å². The normalized spacial score (nSPS) is 20.3. The summed E-state index contributed by atoms with van der Waals surface area (Å²) in [7, 11) is 1.92. The highest BCUT2D eigenvalue weighted by Gasteiger charge is 2.29. The molecule has 15 heavy (non-hydrogen) atoms. The molecule has 0 aromatic heterocycles. The molecule has 0 aromatic carbocycles. The fourth-order valence-electron chi connectivity index (χ4n) is 1.80. The number of nitrogens with one attached hydrogen (secondary N) is 1. The Kier molecular flexibility index (Phi) is 4.93. The van der Waals surface area contributed by atoms with E-state index in [9.17, 15) is 4.79 Å². The largest absolute Gasteiger partial charge is 0.341 e. The van der Waals surface area contributed by atoms with Gasteiger partial charge in [0.2, 0.25) is 5.91 Å². The third kappa shape index (κ3) is 4.43. The molecule has 0 aromatic rings. The summed E-state index contributed by atoms with van der Waals surface area (Å²) in [6.45, 7) is 7.18. The zero-order chi connectivity index (χ0) is 11.3. The van der Waals surface area contributed by atoms with Crippen molar-refractivity contribution in [3.05, 3.63) is 0 Å². The second kappa shape index (κ2) is 5.75. The molecule has 88 valence electrons. The Morgan fingerprint density at radius 1 is 1.53 bits per heavy atom. The van der Waals surface area contributed by atoms with Crippen LogP contribution in [0.25, 0.3) is 0 Å². The molecule has 1 aliphatic heterocycles. The summed E-state index contributed by atoms with van der Waals surface area (Å²) in [5, 5.41) is 3.07. The van der Waals surface area contributed by atoms with Gasteiger partial charge in [-0.3, -0.25) is 4.79 Å². The molecule has 1 N–H and O–H groups in total. The van der Waals surface area contributed by atoms with Gasteiger partial charge in [0.25, 0.3) is 0 Å². The second-order valence-corrected chi connectivity index (χ2v) is 6.43. The van der Waals surface area contributed by atoms with E-state index in [1.807, 2.05) is 23.7 Å². The summed E-state index contributed by atoms with van der Waals surface area (Å²) < 4.78 is 0.233. The van der Waals surface area contributed by atoms with Crippen LogP contribution in [-0.4, -0.2) is 48.0 Å². The van der Waals surface area contributed by atoms with Crippen molar-refractivity contribution in [2.75, 3.05) is 32.4 Å². The maximum atomic E-state index is 11.8. The van der Waals surface area contributed by atoms with Gasteiger partial charge in [-0.2, -0.15) is 11.8 Å². The topological polar surface area (TPSA) is 32.3 Å².